The zero-order valence-electron chi connectivity index (χ0n) is 7.61. The van der Waals surface area contributed by atoms with Crippen molar-refractivity contribution in [2.75, 3.05) is 24.4 Å². The minimum atomic E-state index is -3.56. The van der Waals surface area contributed by atoms with Gasteiger partial charge in [-0.2, -0.15) is 11.8 Å². The third kappa shape index (κ3) is 9.93. The van der Waals surface area contributed by atoms with Crippen molar-refractivity contribution in [3.8, 4) is 0 Å². The summed E-state index contributed by atoms with van der Waals surface area (Å²) >= 11 is 2.60. The molecule has 12 heavy (non-hydrogen) atoms. The van der Waals surface area contributed by atoms with E-state index in [1.54, 1.807) is 11.8 Å². The standard InChI is InChI=1S/C5H13O3PS2.Na/c1-3-10-4-5-11-9(6,7)8-2;/h3-5H2,1-2H3,(H,6,7);/q;+1/p-1. The van der Waals surface area contributed by atoms with E-state index in [1.807, 2.05) is 6.92 Å². The summed E-state index contributed by atoms with van der Waals surface area (Å²) in [4.78, 5) is 10.7. The Labute approximate surface area is 104 Å². The smallest absolute Gasteiger partial charge is 0.770 e. The van der Waals surface area contributed by atoms with Gasteiger partial charge in [0.05, 0.1) is 0 Å². The van der Waals surface area contributed by atoms with Gasteiger partial charge in [0.25, 0.3) is 0 Å². The fraction of sp³-hybridized carbons (Fsp3) is 1.00. The second-order valence-corrected chi connectivity index (χ2v) is 7.10. The molecule has 3 nitrogen and oxygen atoms in total. The molecule has 0 aromatic rings. The average molecular weight is 238 g/mol. The van der Waals surface area contributed by atoms with Gasteiger partial charge >= 0.3 is 29.6 Å². The number of rotatable bonds is 6. The zero-order chi connectivity index (χ0) is 8.74. The predicted octanol–water partition coefficient (Wildman–Crippen LogP) is -1.41. The van der Waals surface area contributed by atoms with Gasteiger partial charge in [0, 0.05) is 18.6 Å². The second kappa shape index (κ2) is 9.41. The van der Waals surface area contributed by atoms with E-state index >= 15 is 0 Å². The van der Waals surface area contributed by atoms with Crippen LogP contribution in [-0.2, 0) is 9.09 Å². The Morgan fingerprint density at radius 1 is 1.50 bits per heavy atom. The van der Waals surface area contributed by atoms with Crippen molar-refractivity contribution in [1.29, 1.82) is 0 Å². The van der Waals surface area contributed by atoms with Crippen LogP contribution in [-0.4, -0.2) is 24.4 Å². The van der Waals surface area contributed by atoms with Crippen LogP contribution < -0.4 is 34.5 Å². The van der Waals surface area contributed by atoms with Crippen molar-refractivity contribution in [3.05, 3.63) is 0 Å². The first-order chi connectivity index (χ1) is 5.12. The normalized spacial score (nSPS) is 14.9. The van der Waals surface area contributed by atoms with Gasteiger partial charge in [0.1, 0.15) is 0 Å². The summed E-state index contributed by atoms with van der Waals surface area (Å²) in [5, 5.41) is 0. The summed E-state index contributed by atoms with van der Waals surface area (Å²) in [6, 6.07) is 0. The maximum Gasteiger partial charge on any atom is 1.00 e. The Bertz CT molecular complexity index is 147. The van der Waals surface area contributed by atoms with E-state index in [-0.39, 0.29) is 29.6 Å². The van der Waals surface area contributed by atoms with Gasteiger partial charge in [-0.3, -0.25) is 4.57 Å². The van der Waals surface area contributed by atoms with Crippen LogP contribution in [0.3, 0.4) is 0 Å². The van der Waals surface area contributed by atoms with Gasteiger partial charge in [-0.1, -0.05) is 18.3 Å². The molecule has 7 heteroatoms. The van der Waals surface area contributed by atoms with Crippen LogP contribution >= 0.6 is 29.9 Å². The molecule has 1 unspecified atom stereocenters. The van der Waals surface area contributed by atoms with Crippen LogP contribution in [0.2, 0.25) is 0 Å². The third-order valence-electron chi connectivity index (χ3n) is 0.905. The molecule has 0 heterocycles. The summed E-state index contributed by atoms with van der Waals surface area (Å²) in [6.45, 7) is -1.52. The molecule has 1 atom stereocenters. The van der Waals surface area contributed by atoms with Crippen molar-refractivity contribution in [1.82, 2.24) is 0 Å². The molecule has 0 N–H and O–H groups in total. The minimum absolute atomic E-state index is 0. The molecule has 0 radical (unpaired) electrons. The molecule has 0 aliphatic heterocycles. The number of thioether (sulfide) groups is 1. The van der Waals surface area contributed by atoms with Crippen LogP contribution in [0.15, 0.2) is 0 Å². The first-order valence-electron chi connectivity index (χ1n) is 3.21. The molecular formula is C5H12NaO3PS2. The van der Waals surface area contributed by atoms with E-state index in [0.717, 1.165) is 22.9 Å². The van der Waals surface area contributed by atoms with Gasteiger partial charge < -0.3 is 9.42 Å². The minimum Gasteiger partial charge on any atom is -0.770 e. The van der Waals surface area contributed by atoms with E-state index in [9.17, 15) is 9.46 Å². The van der Waals surface area contributed by atoms with E-state index in [2.05, 4.69) is 4.52 Å². The van der Waals surface area contributed by atoms with Crippen molar-refractivity contribution >= 4 is 29.9 Å². The summed E-state index contributed by atoms with van der Waals surface area (Å²) in [5.74, 6) is 2.49. The molecule has 0 aliphatic carbocycles. The first-order valence-corrected chi connectivity index (χ1v) is 7.50. The summed E-state index contributed by atoms with van der Waals surface area (Å²) in [7, 11) is 1.19. The second-order valence-electron chi connectivity index (χ2n) is 1.66. The SMILES string of the molecule is CCSCCSP(=O)([O-])OC.[Na+]. The maximum atomic E-state index is 10.7. The van der Waals surface area contributed by atoms with Crippen LogP contribution in [0, 0.1) is 0 Å². The molecule has 0 aromatic carbocycles. The van der Waals surface area contributed by atoms with Crippen LogP contribution in [0.25, 0.3) is 0 Å². The molecule has 0 aliphatic rings. The summed E-state index contributed by atoms with van der Waals surface area (Å²) in [5.41, 5.74) is 0. The molecule has 0 amide bonds. The third-order valence-corrected chi connectivity index (χ3v) is 5.16. The Morgan fingerprint density at radius 3 is 2.50 bits per heavy atom. The number of hydrogen-bond donors (Lipinski definition) is 0. The Kier molecular flexibility index (Phi) is 12.8. The monoisotopic (exact) mass is 238 g/mol. The van der Waals surface area contributed by atoms with Crippen LogP contribution in [0.4, 0.5) is 0 Å². The Hall–Kier alpha value is 1.85. The van der Waals surface area contributed by atoms with Gasteiger partial charge in [-0.05, 0) is 5.75 Å². The summed E-state index contributed by atoms with van der Waals surface area (Å²) < 4.78 is 15.0. The topological polar surface area (TPSA) is 49.4 Å². The fourth-order valence-electron chi connectivity index (χ4n) is 0.405. The molecule has 0 fully saturated rings. The average Bonchev–Trinajstić information content (AvgIpc) is 1.99. The van der Waals surface area contributed by atoms with Gasteiger partial charge in [0.2, 0.25) is 0 Å². The van der Waals surface area contributed by atoms with Gasteiger partial charge in [0.15, 0.2) is 6.80 Å². The van der Waals surface area contributed by atoms with Gasteiger partial charge in [-0.25, -0.2) is 0 Å². The van der Waals surface area contributed by atoms with Crippen molar-refractivity contribution in [2.45, 2.75) is 6.92 Å². The van der Waals surface area contributed by atoms with E-state index in [0.29, 0.717) is 5.75 Å². The predicted molar refractivity (Wildman–Crippen MR) is 50.1 cm³/mol. The van der Waals surface area contributed by atoms with Gasteiger partial charge in [-0.15, -0.1) is 0 Å². The molecular weight excluding hydrogens is 226 g/mol. The molecule has 68 valence electrons. The Morgan fingerprint density at radius 2 is 2.08 bits per heavy atom. The van der Waals surface area contributed by atoms with Crippen LogP contribution in [0.1, 0.15) is 6.92 Å². The van der Waals surface area contributed by atoms with E-state index in [4.69, 9.17) is 0 Å². The Balaban J connectivity index is 0. The van der Waals surface area contributed by atoms with Crippen molar-refractivity contribution in [2.24, 2.45) is 0 Å². The molecule has 0 rings (SSSR count). The van der Waals surface area contributed by atoms with Crippen LogP contribution in [0.5, 0.6) is 0 Å². The van der Waals surface area contributed by atoms with Crippen molar-refractivity contribution in [3.63, 3.8) is 0 Å². The molecule has 0 saturated heterocycles. The molecule has 0 aromatic heterocycles. The molecule has 0 bridgehead atoms. The molecule has 0 spiro atoms. The van der Waals surface area contributed by atoms with E-state index < -0.39 is 6.80 Å². The fourth-order valence-corrected chi connectivity index (χ4v) is 3.45. The summed E-state index contributed by atoms with van der Waals surface area (Å²) in [6.07, 6.45) is 0. The maximum absolute atomic E-state index is 10.7. The first kappa shape index (κ1) is 16.3. The van der Waals surface area contributed by atoms with Crippen molar-refractivity contribution < 1.29 is 43.5 Å². The molecule has 0 saturated carbocycles. The quantitative estimate of drug-likeness (QED) is 0.323. The number of hydrogen-bond acceptors (Lipinski definition) is 5. The zero-order valence-corrected chi connectivity index (χ0v) is 12.1. The van der Waals surface area contributed by atoms with E-state index in [1.165, 1.54) is 7.11 Å². The largest absolute Gasteiger partial charge is 1.00 e.